The van der Waals surface area contributed by atoms with E-state index < -0.39 is 59.6 Å². The predicted octanol–water partition coefficient (Wildman–Crippen LogP) is 4.41. The first-order chi connectivity index (χ1) is 20.6. The van der Waals surface area contributed by atoms with Crippen molar-refractivity contribution in [1.29, 1.82) is 0 Å². The molecule has 2 saturated heterocycles. The maximum atomic E-state index is 13.7. The number of anilines is 1. The minimum atomic E-state index is -1.78. The summed E-state index contributed by atoms with van der Waals surface area (Å²) in [5, 5.41) is 24.7. The molecule has 4 bridgehead atoms. The fourth-order valence-corrected chi connectivity index (χ4v) is 6.25. The second-order valence-electron chi connectivity index (χ2n) is 12.7. The van der Waals surface area contributed by atoms with E-state index in [1.807, 2.05) is 33.8 Å². The molecule has 2 fully saturated rings. The molecule has 12 heteroatoms. The number of allylic oxidation sites excluding steroid dienone is 3. The number of carbonyl (C=O) groups is 3. The Balaban J connectivity index is 1.77. The Kier molecular flexibility index (Phi) is 10.0. The van der Waals surface area contributed by atoms with Crippen molar-refractivity contribution >= 4 is 35.3 Å². The lowest BCUT2D eigenvalue weighted by molar-refractivity contribution is -0.154. The fraction of sp³-hybridized carbons (Fsp3) is 0.594. The van der Waals surface area contributed by atoms with Crippen molar-refractivity contribution in [2.24, 2.45) is 11.8 Å². The van der Waals surface area contributed by atoms with Crippen molar-refractivity contribution in [2.75, 3.05) is 19.1 Å². The molecule has 1 aromatic carbocycles. The zero-order valence-electron chi connectivity index (χ0n) is 26.3. The van der Waals surface area contributed by atoms with Gasteiger partial charge in [-0.25, -0.2) is 4.79 Å². The van der Waals surface area contributed by atoms with Crippen LogP contribution in [0.1, 0.15) is 59.4 Å². The van der Waals surface area contributed by atoms with Crippen LogP contribution >= 0.6 is 11.6 Å². The number of hydrogen-bond acceptors (Lipinski definition) is 9. The molecule has 44 heavy (non-hydrogen) atoms. The van der Waals surface area contributed by atoms with Gasteiger partial charge in [0.15, 0.2) is 5.72 Å². The summed E-state index contributed by atoms with van der Waals surface area (Å²) in [6.07, 6.45) is 1.46. The highest BCUT2D eigenvalue weighted by Gasteiger charge is 2.64. The van der Waals surface area contributed by atoms with Crippen molar-refractivity contribution in [3.8, 4) is 5.75 Å². The molecule has 7 unspecified atom stereocenters. The Bertz CT molecular complexity index is 1350. The summed E-state index contributed by atoms with van der Waals surface area (Å²) < 4.78 is 23.2. The third-order valence-electron chi connectivity index (χ3n) is 8.59. The van der Waals surface area contributed by atoms with E-state index in [4.69, 9.17) is 30.5 Å². The van der Waals surface area contributed by atoms with Crippen molar-refractivity contribution in [3.05, 3.63) is 46.5 Å². The lowest BCUT2D eigenvalue weighted by Gasteiger charge is -2.42. The largest absolute Gasteiger partial charge is 0.506 e. The molecule has 0 aromatic heterocycles. The summed E-state index contributed by atoms with van der Waals surface area (Å²) >= 11 is 6.46. The van der Waals surface area contributed by atoms with E-state index in [0.717, 1.165) is 5.57 Å². The number of fused-ring (bicyclic) bond motifs is 5. The number of methoxy groups -OCH3 is 1. The second kappa shape index (κ2) is 13.1. The van der Waals surface area contributed by atoms with E-state index in [1.54, 1.807) is 32.2 Å². The highest BCUT2D eigenvalue weighted by Crippen LogP contribution is 2.49. The lowest BCUT2D eigenvalue weighted by atomic mass is 9.83. The fourth-order valence-electron chi connectivity index (χ4n) is 6.01. The van der Waals surface area contributed by atoms with Gasteiger partial charge in [0, 0.05) is 32.9 Å². The molecule has 7 atom stereocenters. The SMILES string of the molecule is COC1C=CC=C(C)Cc2cc(O)c(Cl)c(c2)N(C)C(=O)CC(OC(=O)CC(C)C)C2(C)OC2C(C)C2CC1(O)NC(=O)O2. The number of hydrogen-bond donors (Lipinski definition) is 3. The third kappa shape index (κ3) is 7.22. The van der Waals surface area contributed by atoms with Crippen molar-refractivity contribution in [2.45, 2.75) is 96.0 Å². The van der Waals surface area contributed by atoms with Crippen LogP contribution in [-0.2, 0) is 35.0 Å². The monoisotopic (exact) mass is 634 g/mol. The van der Waals surface area contributed by atoms with Crippen LogP contribution in [0.3, 0.4) is 0 Å². The van der Waals surface area contributed by atoms with Gasteiger partial charge in [0.1, 0.15) is 34.7 Å². The number of benzene rings is 1. The summed E-state index contributed by atoms with van der Waals surface area (Å²) in [6.45, 7) is 9.24. The molecule has 3 N–H and O–H groups in total. The molecule has 0 aliphatic carbocycles. The molecule has 3 aliphatic rings. The molecule has 1 aromatic rings. The Morgan fingerprint density at radius 1 is 1.30 bits per heavy atom. The average molecular weight is 635 g/mol. The van der Waals surface area contributed by atoms with E-state index >= 15 is 0 Å². The second-order valence-corrected chi connectivity index (χ2v) is 13.1. The zero-order chi connectivity index (χ0) is 32.6. The molecule has 3 aliphatic heterocycles. The van der Waals surface area contributed by atoms with Gasteiger partial charge in [-0.15, -0.1) is 0 Å². The summed E-state index contributed by atoms with van der Waals surface area (Å²) in [6, 6.07) is 3.26. The molecular weight excluding hydrogens is 592 g/mol. The number of amides is 2. The number of nitrogens with one attached hydrogen (secondary N) is 1. The molecule has 0 spiro atoms. The van der Waals surface area contributed by atoms with Gasteiger partial charge in [0.2, 0.25) is 5.91 Å². The molecule has 242 valence electrons. The van der Waals surface area contributed by atoms with Gasteiger partial charge in [0.25, 0.3) is 0 Å². The normalized spacial score (nSPS) is 32.8. The van der Waals surface area contributed by atoms with Gasteiger partial charge < -0.3 is 34.1 Å². The molecule has 11 nitrogen and oxygen atoms in total. The van der Waals surface area contributed by atoms with E-state index in [-0.39, 0.29) is 36.0 Å². The Morgan fingerprint density at radius 2 is 2.00 bits per heavy atom. The number of epoxide rings is 1. The van der Waals surface area contributed by atoms with Gasteiger partial charge in [-0.2, -0.15) is 0 Å². The maximum absolute atomic E-state index is 13.7. The van der Waals surface area contributed by atoms with Crippen LogP contribution in [-0.4, -0.2) is 78.1 Å². The van der Waals surface area contributed by atoms with Crippen LogP contribution < -0.4 is 10.2 Å². The first-order valence-electron chi connectivity index (χ1n) is 14.8. The number of aliphatic hydroxyl groups is 1. The van der Waals surface area contributed by atoms with Crippen molar-refractivity contribution in [1.82, 2.24) is 5.32 Å². The number of halogens is 1. The molecule has 4 rings (SSSR count). The number of esters is 1. The smallest absolute Gasteiger partial charge is 0.409 e. The molecule has 3 heterocycles. The summed E-state index contributed by atoms with van der Waals surface area (Å²) in [4.78, 5) is 40.6. The Labute approximate surface area is 263 Å². The topological polar surface area (TPSA) is 147 Å². The van der Waals surface area contributed by atoms with Crippen LogP contribution in [0, 0.1) is 11.8 Å². The van der Waals surface area contributed by atoms with E-state index in [1.165, 1.54) is 18.1 Å². The van der Waals surface area contributed by atoms with Gasteiger partial charge in [-0.1, -0.05) is 56.2 Å². The number of phenolic OH excluding ortho intramolecular Hbond substituents is 1. The van der Waals surface area contributed by atoms with Crippen molar-refractivity contribution < 1.29 is 43.5 Å². The molecular formula is C32H43ClN2O9. The Morgan fingerprint density at radius 3 is 2.66 bits per heavy atom. The van der Waals surface area contributed by atoms with E-state index in [0.29, 0.717) is 17.7 Å². The number of nitrogens with zero attached hydrogens (tertiary/aromatic N) is 1. The molecule has 2 amide bonds. The van der Waals surface area contributed by atoms with Gasteiger partial charge in [-0.05, 0) is 43.9 Å². The predicted molar refractivity (Wildman–Crippen MR) is 163 cm³/mol. The summed E-state index contributed by atoms with van der Waals surface area (Å²) in [5.41, 5.74) is -0.966. The lowest BCUT2D eigenvalue weighted by Crippen LogP contribution is -2.63. The van der Waals surface area contributed by atoms with Crippen molar-refractivity contribution in [3.63, 3.8) is 0 Å². The first kappa shape index (κ1) is 33.8. The third-order valence-corrected chi connectivity index (χ3v) is 8.98. The van der Waals surface area contributed by atoms with Crippen LogP contribution in [0.25, 0.3) is 0 Å². The minimum Gasteiger partial charge on any atom is -0.506 e. The zero-order valence-corrected chi connectivity index (χ0v) is 27.0. The van der Waals surface area contributed by atoms with Gasteiger partial charge in [0.05, 0.1) is 18.2 Å². The van der Waals surface area contributed by atoms with Gasteiger partial charge >= 0.3 is 12.1 Å². The number of ether oxygens (including phenoxy) is 4. The molecule has 0 radical (unpaired) electrons. The number of aromatic hydroxyl groups is 1. The van der Waals surface area contributed by atoms with Crippen LogP contribution in [0.15, 0.2) is 35.9 Å². The van der Waals surface area contributed by atoms with Crippen LogP contribution in [0.4, 0.5) is 10.5 Å². The minimum absolute atomic E-state index is 0.00945. The number of rotatable bonds is 4. The highest BCUT2D eigenvalue weighted by molar-refractivity contribution is 6.35. The quantitative estimate of drug-likeness (QED) is 0.324. The first-order valence-corrected chi connectivity index (χ1v) is 15.2. The van der Waals surface area contributed by atoms with E-state index in [2.05, 4.69) is 5.32 Å². The maximum Gasteiger partial charge on any atom is 0.409 e. The van der Waals surface area contributed by atoms with Crippen LogP contribution in [0.5, 0.6) is 5.75 Å². The van der Waals surface area contributed by atoms with Gasteiger partial charge in [-0.3, -0.25) is 14.9 Å². The standard InChI is InChI=1S/C32H43ClN2O9/c1-17(2)11-27(38)43-25-15-26(37)35(6)21-13-20(14-22(36)28(21)33)12-18(3)9-8-10-24(41-7)32(40)16-23(42-30(39)34-32)19(4)29-31(25,5)44-29/h8-10,13-14,17,19,23-25,29,36,40H,11-12,15-16H2,1-7H3,(H,34,39). The molecule has 0 saturated carbocycles. The number of alkyl carbamates (subject to hydrolysis) is 1. The number of phenols is 1. The number of carbonyl (C=O) groups excluding carboxylic acids is 3. The summed E-state index contributed by atoms with van der Waals surface area (Å²) in [7, 11) is 2.98. The summed E-state index contributed by atoms with van der Waals surface area (Å²) in [5.74, 6) is -1.48. The van der Waals surface area contributed by atoms with E-state index in [9.17, 15) is 24.6 Å². The highest BCUT2D eigenvalue weighted by atomic mass is 35.5. The van der Waals surface area contributed by atoms with Crippen LogP contribution in [0.2, 0.25) is 5.02 Å². The average Bonchev–Trinajstić information content (AvgIpc) is 3.62. The Hall–Kier alpha value is -3.12.